The Balaban J connectivity index is 2.05. The molecule has 2 atom stereocenters. The van der Waals surface area contributed by atoms with Crippen molar-refractivity contribution in [3.05, 3.63) is 59.7 Å². The van der Waals surface area contributed by atoms with Crippen LogP contribution in [0.15, 0.2) is 48.5 Å². The second-order valence-electron chi connectivity index (χ2n) is 8.06. The first-order valence-corrected chi connectivity index (χ1v) is 9.77. The Labute approximate surface area is 173 Å². The average molecular weight is 401 g/mol. The number of benzene rings is 2. The van der Waals surface area contributed by atoms with Gasteiger partial charge in [0, 0.05) is 23.7 Å². The molecule has 6 nitrogen and oxygen atoms in total. The van der Waals surface area contributed by atoms with Crippen LogP contribution in [-0.4, -0.2) is 36.3 Å². The van der Waals surface area contributed by atoms with Gasteiger partial charge in [0.15, 0.2) is 18.1 Å². The molecule has 3 N–H and O–H groups in total. The summed E-state index contributed by atoms with van der Waals surface area (Å²) in [6.45, 7) is 8.04. The molecule has 0 heterocycles. The normalized spacial score (nSPS) is 13.4. The molecule has 0 aliphatic rings. The van der Waals surface area contributed by atoms with Crippen molar-refractivity contribution in [2.75, 3.05) is 13.7 Å². The summed E-state index contributed by atoms with van der Waals surface area (Å²) < 4.78 is 11.2. The first kappa shape index (κ1) is 22.7. The van der Waals surface area contributed by atoms with Crippen LogP contribution in [-0.2, 0) is 11.3 Å². The van der Waals surface area contributed by atoms with E-state index in [1.807, 2.05) is 70.2 Å². The molecular weight excluding hydrogens is 368 g/mol. The summed E-state index contributed by atoms with van der Waals surface area (Å²) in [6, 6.07) is 14.9. The lowest BCUT2D eigenvalue weighted by molar-refractivity contribution is -0.124. The van der Waals surface area contributed by atoms with Crippen molar-refractivity contribution in [1.82, 2.24) is 10.6 Å². The minimum absolute atomic E-state index is 0.104. The van der Waals surface area contributed by atoms with Crippen LogP contribution in [0.2, 0.25) is 0 Å². The third-order valence-corrected chi connectivity index (χ3v) is 4.37. The van der Waals surface area contributed by atoms with E-state index in [1.165, 1.54) is 0 Å². The Morgan fingerprint density at radius 1 is 1.10 bits per heavy atom. The first-order valence-electron chi connectivity index (χ1n) is 9.77. The molecule has 158 valence electrons. The summed E-state index contributed by atoms with van der Waals surface area (Å²) in [7, 11) is 1.57. The zero-order chi connectivity index (χ0) is 21.4. The fourth-order valence-electron chi connectivity index (χ4n) is 2.94. The highest BCUT2D eigenvalue weighted by Gasteiger charge is 2.19. The second kappa shape index (κ2) is 10.3. The standard InChI is InChI=1S/C23H32N2O4/c1-16(21(27)17-10-7-6-8-11-17)24-14-18-12-9-13-19(28-5)22(18)29-15-20(26)25-23(2,3)4/h6-13,16,21,24,27H,14-15H2,1-5H3,(H,25,26). The zero-order valence-electron chi connectivity index (χ0n) is 17.9. The third kappa shape index (κ3) is 7.07. The zero-order valence-corrected chi connectivity index (χ0v) is 17.9. The molecule has 0 saturated carbocycles. The summed E-state index contributed by atoms with van der Waals surface area (Å²) in [6.07, 6.45) is -0.635. The third-order valence-electron chi connectivity index (χ3n) is 4.37. The monoisotopic (exact) mass is 400 g/mol. The van der Waals surface area contributed by atoms with Gasteiger partial charge < -0.3 is 25.2 Å². The molecule has 2 aromatic rings. The van der Waals surface area contributed by atoms with Crippen LogP contribution in [0.25, 0.3) is 0 Å². The number of amides is 1. The van der Waals surface area contributed by atoms with Gasteiger partial charge in [-0.15, -0.1) is 0 Å². The lowest BCUT2D eigenvalue weighted by atomic mass is 10.0. The lowest BCUT2D eigenvalue weighted by Crippen LogP contribution is -2.43. The van der Waals surface area contributed by atoms with Crippen LogP contribution < -0.4 is 20.1 Å². The average Bonchev–Trinajstić information content (AvgIpc) is 2.69. The maximum atomic E-state index is 12.1. The van der Waals surface area contributed by atoms with Crippen LogP contribution in [0.1, 0.15) is 44.9 Å². The fraction of sp³-hybridized carbons (Fsp3) is 0.435. The van der Waals surface area contributed by atoms with Crippen molar-refractivity contribution in [2.45, 2.75) is 51.9 Å². The van der Waals surface area contributed by atoms with Gasteiger partial charge in [-0.1, -0.05) is 42.5 Å². The number of hydrogen-bond donors (Lipinski definition) is 3. The number of para-hydroxylation sites is 1. The molecule has 0 fully saturated rings. The number of ether oxygens (including phenoxy) is 2. The van der Waals surface area contributed by atoms with Crippen molar-refractivity contribution in [1.29, 1.82) is 0 Å². The minimum atomic E-state index is -0.635. The number of carbonyl (C=O) groups is 1. The topological polar surface area (TPSA) is 79.8 Å². The molecule has 2 unspecified atom stereocenters. The maximum Gasteiger partial charge on any atom is 0.258 e. The van der Waals surface area contributed by atoms with E-state index in [9.17, 15) is 9.90 Å². The van der Waals surface area contributed by atoms with Crippen LogP contribution in [0.4, 0.5) is 0 Å². The number of aliphatic hydroxyl groups is 1. The van der Waals surface area contributed by atoms with Crippen molar-refractivity contribution in [3.63, 3.8) is 0 Å². The van der Waals surface area contributed by atoms with Gasteiger partial charge in [-0.2, -0.15) is 0 Å². The molecule has 0 saturated heterocycles. The highest BCUT2D eigenvalue weighted by atomic mass is 16.5. The molecule has 2 rings (SSSR count). The molecule has 0 radical (unpaired) electrons. The highest BCUT2D eigenvalue weighted by Crippen LogP contribution is 2.31. The van der Waals surface area contributed by atoms with Gasteiger partial charge in [0.05, 0.1) is 13.2 Å². The summed E-state index contributed by atoms with van der Waals surface area (Å²) in [4.78, 5) is 12.1. The highest BCUT2D eigenvalue weighted by molar-refractivity contribution is 5.78. The molecule has 6 heteroatoms. The largest absolute Gasteiger partial charge is 0.493 e. The first-order chi connectivity index (χ1) is 13.7. The van der Waals surface area contributed by atoms with Gasteiger partial charge in [0.25, 0.3) is 5.91 Å². The quantitative estimate of drug-likeness (QED) is 0.602. The number of carbonyl (C=O) groups excluding carboxylic acids is 1. The van der Waals surface area contributed by atoms with E-state index in [4.69, 9.17) is 9.47 Å². The summed E-state index contributed by atoms with van der Waals surface area (Å²) in [5.74, 6) is 0.882. The molecular formula is C23H32N2O4. The van der Waals surface area contributed by atoms with Gasteiger partial charge in [-0.3, -0.25) is 4.79 Å². The van der Waals surface area contributed by atoms with Gasteiger partial charge in [0.2, 0.25) is 0 Å². The Morgan fingerprint density at radius 2 is 1.79 bits per heavy atom. The van der Waals surface area contributed by atoms with E-state index in [2.05, 4.69) is 10.6 Å². The Hall–Kier alpha value is -2.57. The van der Waals surface area contributed by atoms with E-state index in [1.54, 1.807) is 13.2 Å². The lowest BCUT2D eigenvalue weighted by Gasteiger charge is -2.23. The molecule has 2 aromatic carbocycles. The Kier molecular flexibility index (Phi) is 8.05. The molecule has 0 aliphatic heterocycles. The van der Waals surface area contributed by atoms with Crippen molar-refractivity contribution >= 4 is 5.91 Å². The summed E-state index contributed by atoms with van der Waals surface area (Å²) >= 11 is 0. The number of methoxy groups -OCH3 is 1. The van der Waals surface area contributed by atoms with Gasteiger partial charge in [-0.05, 0) is 39.3 Å². The van der Waals surface area contributed by atoms with E-state index >= 15 is 0 Å². The number of aliphatic hydroxyl groups excluding tert-OH is 1. The Morgan fingerprint density at radius 3 is 2.41 bits per heavy atom. The predicted octanol–water partition coefficient (Wildman–Crippen LogP) is 3.20. The smallest absolute Gasteiger partial charge is 0.258 e. The van der Waals surface area contributed by atoms with Crippen molar-refractivity contribution < 1.29 is 19.4 Å². The second-order valence-corrected chi connectivity index (χ2v) is 8.06. The Bertz CT molecular complexity index is 787. The van der Waals surface area contributed by atoms with E-state index in [-0.39, 0.29) is 24.1 Å². The molecule has 0 spiro atoms. The molecule has 1 amide bonds. The van der Waals surface area contributed by atoms with Crippen LogP contribution in [0.5, 0.6) is 11.5 Å². The molecule has 0 aromatic heterocycles. The summed E-state index contributed by atoms with van der Waals surface area (Å²) in [5.41, 5.74) is 1.38. The maximum absolute atomic E-state index is 12.1. The van der Waals surface area contributed by atoms with Gasteiger partial charge >= 0.3 is 0 Å². The van der Waals surface area contributed by atoms with Crippen molar-refractivity contribution in [3.8, 4) is 11.5 Å². The molecule has 0 bridgehead atoms. The molecule has 0 aliphatic carbocycles. The fourth-order valence-corrected chi connectivity index (χ4v) is 2.94. The SMILES string of the molecule is COc1cccc(CNC(C)C(O)c2ccccc2)c1OCC(=O)NC(C)(C)C. The van der Waals surface area contributed by atoms with Gasteiger partial charge in [0.1, 0.15) is 0 Å². The number of rotatable bonds is 9. The number of nitrogens with one attached hydrogen (secondary N) is 2. The predicted molar refractivity (Wildman–Crippen MR) is 114 cm³/mol. The van der Waals surface area contributed by atoms with Crippen molar-refractivity contribution in [2.24, 2.45) is 0 Å². The number of hydrogen-bond acceptors (Lipinski definition) is 5. The van der Waals surface area contributed by atoms with E-state index < -0.39 is 6.10 Å². The molecule has 29 heavy (non-hydrogen) atoms. The van der Waals surface area contributed by atoms with Crippen LogP contribution in [0.3, 0.4) is 0 Å². The van der Waals surface area contributed by atoms with E-state index in [0.717, 1.165) is 11.1 Å². The van der Waals surface area contributed by atoms with E-state index in [0.29, 0.717) is 18.0 Å². The minimum Gasteiger partial charge on any atom is -0.493 e. The van der Waals surface area contributed by atoms with Crippen LogP contribution in [0, 0.1) is 0 Å². The summed E-state index contributed by atoms with van der Waals surface area (Å²) in [5, 5.41) is 16.8. The van der Waals surface area contributed by atoms with Gasteiger partial charge in [-0.25, -0.2) is 0 Å². The van der Waals surface area contributed by atoms with Crippen LogP contribution >= 0.6 is 0 Å².